The summed E-state index contributed by atoms with van der Waals surface area (Å²) in [5, 5.41) is 0. The van der Waals surface area contributed by atoms with Gasteiger partial charge in [-0.05, 0) is 96.8 Å². The molecular weight excluding hydrogens is 488 g/mol. The van der Waals surface area contributed by atoms with Crippen molar-refractivity contribution in [1.82, 2.24) is 0 Å². The van der Waals surface area contributed by atoms with Gasteiger partial charge in [0.15, 0.2) is 0 Å². The molecule has 2 aliphatic rings. The predicted octanol–water partition coefficient (Wildman–Crippen LogP) is 6.18. The van der Waals surface area contributed by atoms with Crippen LogP contribution in [-0.2, 0) is 9.47 Å². The van der Waals surface area contributed by atoms with E-state index in [0.29, 0.717) is 23.0 Å². The van der Waals surface area contributed by atoms with E-state index >= 15 is 0 Å². The van der Waals surface area contributed by atoms with E-state index in [-0.39, 0.29) is 22.3 Å². The molecule has 0 unspecified atom stereocenters. The number of cyclic esters (lactones) is 4. The number of ether oxygens (including phenoxy) is 4. The fraction of sp³-hybridized carbons (Fsp3) is 0.0667. The highest BCUT2D eigenvalue weighted by Crippen LogP contribution is 2.35. The number of benzene rings is 4. The zero-order chi connectivity index (χ0) is 26.6. The minimum atomic E-state index is -0.682. The first kappa shape index (κ1) is 23.2. The molecule has 0 aromatic heterocycles. The summed E-state index contributed by atoms with van der Waals surface area (Å²) in [6, 6.07) is 20.6. The standard InChI is InChI=1S/C30H18O8/c1-15-11-17(35-19-5-9-23-25(13-19)29(33)37-27(23)31)3-7-21(15)22-8-4-18(12-16(22)2)36-20-6-10-24-26(14-20)30(34)38-28(24)32/h3-14H,1-2H3. The van der Waals surface area contributed by atoms with Gasteiger partial charge in [-0.25, -0.2) is 19.2 Å². The van der Waals surface area contributed by atoms with E-state index in [0.717, 1.165) is 22.3 Å². The SMILES string of the molecule is Cc1cc(Oc2ccc3c(c2)C(=O)OC3=O)ccc1-c1ccc(Oc2ccc3c(c2)C(=O)OC3=O)cc1C. The van der Waals surface area contributed by atoms with Crippen molar-refractivity contribution in [2.45, 2.75) is 13.8 Å². The Bertz CT molecular complexity index is 1590. The lowest BCUT2D eigenvalue weighted by Crippen LogP contribution is -1.97. The van der Waals surface area contributed by atoms with Gasteiger partial charge in [0.05, 0.1) is 22.3 Å². The van der Waals surface area contributed by atoms with E-state index in [1.54, 1.807) is 12.1 Å². The van der Waals surface area contributed by atoms with Crippen LogP contribution in [0, 0.1) is 13.8 Å². The van der Waals surface area contributed by atoms with Crippen LogP contribution in [0.25, 0.3) is 11.1 Å². The molecule has 0 amide bonds. The number of hydrogen-bond acceptors (Lipinski definition) is 8. The number of fused-ring (bicyclic) bond motifs is 2. The second kappa shape index (κ2) is 8.70. The van der Waals surface area contributed by atoms with E-state index in [2.05, 4.69) is 9.47 Å². The number of hydrogen-bond donors (Lipinski definition) is 0. The molecule has 0 saturated heterocycles. The maximum atomic E-state index is 11.8. The summed E-state index contributed by atoms with van der Waals surface area (Å²) in [6.07, 6.45) is 0. The van der Waals surface area contributed by atoms with Gasteiger partial charge in [0.25, 0.3) is 0 Å². The normalized spacial score (nSPS) is 13.6. The molecule has 2 aliphatic heterocycles. The molecule has 186 valence electrons. The summed E-state index contributed by atoms with van der Waals surface area (Å²) in [5.74, 6) is -0.676. The first-order chi connectivity index (χ1) is 18.3. The van der Waals surface area contributed by atoms with Crippen molar-refractivity contribution < 1.29 is 38.1 Å². The van der Waals surface area contributed by atoms with Crippen molar-refractivity contribution in [2.24, 2.45) is 0 Å². The molecule has 4 aromatic carbocycles. The van der Waals surface area contributed by atoms with E-state index in [4.69, 9.17) is 9.47 Å². The molecule has 4 aromatic rings. The van der Waals surface area contributed by atoms with Crippen molar-refractivity contribution in [1.29, 1.82) is 0 Å². The van der Waals surface area contributed by atoms with Crippen LogP contribution in [0.5, 0.6) is 23.0 Å². The molecule has 0 atom stereocenters. The lowest BCUT2D eigenvalue weighted by molar-refractivity contribution is 0.0425. The fourth-order valence-corrected chi connectivity index (χ4v) is 4.53. The summed E-state index contributed by atoms with van der Waals surface area (Å²) in [4.78, 5) is 46.9. The number of carbonyl (C=O) groups is 4. The molecular formula is C30H18O8. The van der Waals surface area contributed by atoms with Gasteiger partial charge >= 0.3 is 23.9 Å². The molecule has 0 saturated carbocycles. The third-order valence-corrected chi connectivity index (χ3v) is 6.39. The smallest absolute Gasteiger partial charge is 0.347 e. The van der Waals surface area contributed by atoms with Crippen LogP contribution in [-0.4, -0.2) is 23.9 Å². The molecule has 0 aliphatic carbocycles. The maximum Gasteiger partial charge on any atom is 0.347 e. The van der Waals surface area contributed by atoms with Crippen molar-refractivity contribution in [2.75, 3.05) is 0 Å². The molecule has 2 heterocycles. The average molecular weight is 506 g/mol. The molecule has 0 bridgehead atoms. The van der Waals surface area contributed by atoms with Crippen LogP contribution in [0.3, 0.4) is 0 Å². The van der Waals surface area contributed by atoms with Gasteiger partial charge in [-0.1, -0.05) is 12.1 Å². The molecule has 8 heteroatoms. The predicted molar refractivity (Wildman–Crippen MR) is 134 cm³/mol. The second-order valence-corrected chi connectivity index (χ2v) is 8.93. The minimum absolute atomic E-state index is 0.187. The Labute approximate surface area is 216 Å². The first-order valence-corrected chi connectivity index (χ1v) is 11.7. The van der Waals surface area contributed by atoms with Crippen LogP contribution in [0.1, 0.15) is 52.6 Å². The van der Waals surface area contributed by atoms with Crippen molar-refractivity contribution >= 4 is 23.9 Å². The Balaban J connectivity index is 1.21. The Morgan fingerprint density at radius 3 is 1.11 bits per heavy atom. The van der Waals surface area contributed by atoms with Crippen LogP contribution < -0.4 is 9.47 Å². The highest BCUT2D eigenvalue weighted by atomic mass is 16.6. The van der Waals surface area contributed by atoms with Gasteiger partial charge in [0.2, 0.25) is 0 Å². The zero-order valence-electron chi connectivity index (χ0n) is 20.2. The van der Waals surface area contributed by atoms with E-state index in [1.165, 1.54) is 24.3 Å². The molecule has 0 N–H and O–H groups in total. The van der Waals surface area contributed by atoms with Gasteiger partial charge in [0.1, 0.15) is 23.0 Å². The van der Waals surface area contributed by atoms with Crippen LogP contribution in [0.4, 0.5) is 0 Å². The van der Waals surface area contributed by atoms with E-state index in [9.17, 15) is 19.2 Å². The summed E-state index contributed by atoms with van der Waals surface area (Å²) in [7, 11) is 0. The monoisotopic (exact) mass is 506 g/mol. The summed E-state index contributed by atoms with van der Waals surface area (Å²) < 4.78 is 21.1. The van der Waals surface area contributed by atoms with Gasteiger partial charge in [0, 0.05) is 0 Å². The number of carbonyl (C=O) groups excluding carboxylic acids is 4. The largest absolute Gasteiger partial charge is 0.457 e. The van der Waals surface area contributed by atoms with Crippen molar-refractivity contribution in [3.63, 3.8) is 0 Å². The van der Waals surface area contributed by atoms with Gasteiger partial charge < -0.3 is 18.9 Å². The average Bonchev–Trinajstić information content (AvgIpc) is 3.33. The Hall–Kier alpha value is -5.24. The minimum Gasteiger partial charge on any atom is -0.457 e. The summed E-state index contributed by atoms with van der Waals surface area (Å²) >= 11 is 0. The molecule has 8 nitrogen and oxygen atoms in total. The van der Waals surface area contributed by atoms with Crippen molar-refractivity contribution in [3.8, 4) is 34.1 Å². The van der Waals surface area contributed by atoms with Gasteiger partial charge in [-0.3, -0.25) is 0 Å². The lowest BCUT2D eigenvalue weighted by Gasteiger charge is -2.14. The Kier molecular flexibility index (Phi) is 5.31. The number of esters is 4. The summed E-state index contributed by atoms with van der Waals surface area (Å²) in [6.45, 7) is 3.94. The van der Waals surface area contributed by atoms with E-state index in [1.807, 2.05) is 50.2 Å². The topological polar surface area (TPSA) is 105 Å². The van der Waals surface area contributed by atoms with Gasteiger partial charge in [-0.2, -0.15) is 0 Å². The molecule has 0 spiro atoms. The van der Waals surface area contributed by atoms with Crippen molar-refractivity contribution in [3.05, 3.63) is 106 Å². The first-order valence-electron chi connectivity index (χ1n) is 11.7. The Morgan fingerprint density at radius 1 is 0.421 bits per heavy atom. The Morgan fingerprint density at radius 2 is 0.737 bits per heavy atom. The second-order valence-electron chi connectivity index (χ2n) is 8.93. The third-order valence-electron chi connectivity index (χ3n) is 6.39. The number of rotatable bonds is 5. The van der Waals surface area contributed by atoms with Crippen LogP contribution >= 0.6 is 0 Å². The lowest BCUT2D eigenvalue weighted by atomic mass is 9.96. The molecule has 0 fully saturated rings. The van der Waals surface area contributed by atoms with Crippen LogP contribution in [0.15, 0.2) is 72.8 Å². The summed E-state index contributed by atoms with van der Waals surface area (Å²) in [5.41, 5.74) is 4.77. The highest BCUT2D eigenvalue weighted by Gasteiger charge is 2.31. The quantitative estimate of drug-likeness (QED) is 0.234. The third kappa shape index (κ3) is 3.98. The van der Waals surface area contributed by atoms with E-state index < -0.39 is 23.9 Å². The molecule has 6 rings (SSSR count). The maximum absolute atomic E-state index is 11.8. The number of aryl methyl sites for hydroxylation is 2. The molecule has 0 radical (unpaired) electrons. The fourth-order valence-electron chi connectivity index (χ4n) is 4.53. The van der Waals surface area contributed by atoms with Gasteiger partial charge in [-0.15, -0.1) is 0 Å². The molecule has 38 heavy (non-hydrogen) atoms. The highest BCUT2D eigenvalue weighted by molar-refractivity contribution is 6.15. The zero-order valence-corrected chi connectivity index (χ0v) is 20.2. The van der Waals surface area contributed by atoms with Crippen LogP contribution in [0.2, 0.25) is 0 Å².